The Hall–Kier alpha value is -1.30. The summed E-state index contributed by atoms with van der Waals surface area (Å²) in [6, 6.07) is 10.1. The lowest BCUT2D eigenvalue weighted by atomic mass is 10.1. The summed E-state index contributed by atoms with van der Waals surface area (Å²) in [6.45, 7) is 6.01. The number of rotatable bonds is 6. The second kappa shape index (κ2) is 6.32. The van der Waals surface area contributed by atoms with Gasteiger partial charge >= 0.3 is 0 Å². The van der Waals surface area contributed by atoms with Crippen LogP contribution in [0.1, 0.15) is 19.4 Å². The SMILES string of the molecule is C#CCNC(C)(C)COCc1ccccc1. The first-order valence-electron chi connectivity index (χ1n) is 5.44. The summed E-state index contributed by atoms with van der Waals surface area (Å²) in [4.78, 5) is 0. The van der Waals surface area contributed by atoms with Crippen molar-refractivity contribution in [1.29, 1.82) is 0 Å². The van der Waals surface area contributed by atoms with Crippen LogP contribution in [0.5, 0.6) is 0 Å². The Balaban J connectivity index is 2.27. The first-order chi connectivity index (χ1) is 7.64. The standard InChI is InChI=1S/C14H19NO/c1-4-10-15-14(2,3)12-16-11-13-8-6-5-7-9-13/h1,5-9,15H,10-12H2,2-3H3. The molecule has 2 nitrogen and oxygen atoms in total. The number of hydrogen-bond acceptors (Lipinski definition) is 2. The van der Waals surface area contributed by atoms with Crippen LogP contribution < -0.4 is 5.32 Å². The van der Waals surface area contributed by atoms with Gasteiger partial charge in [-0.25, -0.2) is 0 Å². The molecular weight excluding hydrogens is 198 g/mol. The van der Waals surface area contributed by atoms with E-state index in [-0.39, 0.29) is 5.54 Å². The predicted molar refractivity (Wildman–Crippen MR) is 67.0 cm³/mol. The number of terminal acetylenes is 1. The van der Waals surface area contributed by atoms with Crippen LogP contribution in [0.2, 0.25) is 0 Å². The summed E-state index contributed by atoms with van der Waals surface area (Å²) in [5, 5.41) is 3.23. The Morgan fingerprint density at radius 1 is 1.31 bits per heavy atom. The number of nitrogens with one attached hydrogen (secondary N) is 1. The van der Waals surface area contributed by atoms with E-state index in [4.69, 9.17) is 11.2 Å². The van der Waals surface area contributed by atoms with Crippen LogP contribution in [-0.4, -0.2) is 18.7 Å². The minimum absolute atomic E-state index is 0.0822. The van der Waals surface area contributed by atoms with Crippen LogP contribution in [-0.2, 0) is 11.3 Å². The monoisotopic (exact) mass is 217 g/mol. The fraction of sp³-hybridized carbons (Fsp3) is 0.429. The zero-order chi connectivity index (χ0) is 11.9. The van der Waals surface area contributed by atoms with E-state index in [1.807, 2.05) is 18.2 Å². The van der Waals surface area contributed by atoms with Crippen molar-refractivity contribution in [3.05, 3.63) is 35.9 Å². The third-order valence-corrected chi connectivity index (χ3v) is 2.24. The lowest BCUT2D eigenvalue weighted by molar-refractivity contribution is 0.0727. The van der Waals surface area contributed by atoms with E-state index in [1.165, 1.54) is 5.56 Å². The first kappa shape index (κ1) is 12.8. The summed E-state index contributed by atoms with van der Waals surface area (Å²) in [7, 11) is 0. The summed E-state index contributed by atoms with van der Waals surface area (Å²) in [6.07, 6.45) is 5.20. The molecule has 0 aliphatic heterocycles. The molecular formula is C14H19NO. The number of benzene rings is 1. The van der Waals surface area contributed by atoms with Crippen molar-refractivity contribution in [3.63, 3.8) is 0 Å². The van der Waals surface area contributed by atoms with E-state index >= 15 is 0 Å². The summed E-state index contributed by atoms with van der Waals surface area (Å²) < 4.78 is 5.65. The second-order valence-electron chi connectivity index (χ2n) is 4.42. The Kier molecular flexibility index (Phi) is 5.04. The van der Waals surface area contributed by atoms with Crippen LogP contribution in [0.15, 0.2) is 30.3 Å². The highest BCUT2D eigenvalue weighted by molar-refractivity contribution is 5.13. The van der Waals surface area contributed by atoms with Crippen molar-refractivity contribution < 1.29 is 4.74 Å². The molecule has 1 aromatic carbocycles. The smallest absolute Gasteiger partial charge is 0.0717 e. The number of hydrogen-bond donors (Lipinski definition) is 1. The van der Waals surface area contributed by atoms with Crippen LogP contribution in [0, 0.1) is 12.3 Å². The zero-order valence-electron chi connectivity index (χ0n) is 9.99. The largest absolute Gasteiger partial charge is 0.375 e. The van der Waals surface area contributed by atoms with E-state index in [0.717, 1.165) is 0 Å². The average molecular weight is 217 g/mol. The molecule has 0 spiro atoms. The average Bonchev–Trinajstić information content (AvgIpc) is 2.28. The molecule has 0 aliphatic carbocycles. The zero-order valence-corrected chi connectivity index (χ0v) is 9.99. The second-order valence-corrected chi connectivity index (χ2v) is 4.42. The minimum atomic E-state index is -0.0822. The van der Waals surface area contributed by atoms with Crippen molar-refractivity contribution in [2.45, 2.75) is 26.0 Å². The molecule has 86 valence electrons. The molecule has 0 saturated heterocycles. The highest BCUT2D eigenvalue weighted by atomic mass is 16.5. The molecule has 0 bridgehead atoms. The molecule has 2 heteroatoms. The fourth-order valence-electron chi connectivity index (χ4n) is 1.34. The molecule has 1 aromatic rings. The Bertz CT molecular complexity index is 338. The van der Waals surface area contributed by atoms with E-state index in [9.17, 15) is 0 Å². The third-order valence-electron chi connectivity index (χ3n) is 2.24. The molecule has 0 fully saturated rings. The number of ether oxygens (including phenoxy) is 1. The topological polar surface area (TPSA) is 21.3 Å². The third kappa shape index (κ3) is 4.97. The van der Waals surface area contributed by atoms with Crippen LogP contribution in [0.3, 0.4) is 0 Å². The molecule has 16 heavy (non-hydrogen) atoms. The van der Waals surface area contributed by atoms with Gasteiger partial charge in [-0.15, -0.1) is 6.42 Å². The molecule has 0 aromatic heterocycles. The molecule has 1 N–H and O–H groups in total. The quantitative estimate of drug-likeness (QED) is 0.738. The molecule has 0 amide bonds. The van der Waals surface area contributed by atoms with Gasteiger partial charge in [-0.1, -0.05) is 36.3 Å². The molecule has 0 radical (unpaired) electrons. The maximum absolute atomic E-state index is 5.65. The maximum atomic E-state index is 5.65. The molecule has 0 heterocycles. The van der Waals surface area contributed by atoms with E-state index in [2.05, 4.69) is 37.2 Å². The highest BCUT2D eigenvalue weighted by Gasteiger charge is 2.16. The first-order valence-corrected chi connectivity index (χ1v) is 5.44. The van der Waals surface area contributed by atoms with Crippen molar-refractivity contribution in [2.24, 2.45) is 0 Å². The van der Waals surface area contributed by atoms with E-state index in [1.54, 1.807) is 0 Å². The Morgan fingerprint density at radius 2 is 2.00 bits per heavy atom. The lowest BCUT2D eigenvalue weighted by Crippen LogP contribution is -2.43. The van der Waals surface area contributed by atoms with E-state index < -0.39 is 0 Å². The molecule has 0 aliphatic rings. The van der Waals surface area contributed by atoms with Crippen LogP contribution in [0.4, 0.5) is 0 Å². The van der Waals surface area contributed by atoms with Gasteiger partial charge in [0, 0.05) is 5.54 Å². The lowest BCUT2D eigenvalue weighted by Gasteiger charge is -2.25. The van der Waals surface area contributed by atoms with Gasteiger partial charge in [-0.3, -0.25) is 5.32 Å². The minimum Gasteiger partial charge on any atom is -0.375 e. The summed E-state index contributed by atoms with van der Waals surface area (Å²) >= 11 is 0. The van der Waals surface area contributed by atoms with Crippen LogP contribution >= 0.6 is 0 Å². The highest BCUT2D eigenvalue weighted by Crippen LogP contribution is 2.06. The van der Waals surface area contributed by atoms with E-state index in [0.29, 0.717) is 19.8 Å². The summed E-state index contributed by atoms with van der Waals surface area (Å²) in [5.74, 6) is 2.57. The van der Waals surface area contributed by atoms with Gasteiger partial charge in [0.1, 0.15) is 0 Å². The normalized spacial score (nSPS) is 11.1. The van der Waals surface area contributed by atoms with Crippen molar-refractivity contribution in [1.82, 2.24) is 5.32 Å². The molecule has 1 rings (SSSR count). The van der Waals surface area contributed by atoms with Crippen LogP contribution in [0.25, 0.3) is 0 Å². The fourth-order valence-corrected chi connectivity index (χ4v) is 1.34. The molecule has 0 saturated carbocycles. The van der Waals surface area contributed by atoms with Gasteiger partial charge < -0.3 is 4.74 Å². The van der Waals surface area contributed by atoms with Gasteiger partial charge in [-0.05, 0) is 19.4 Å². The summed E-state index contributed by atoms with van der Waals surface area (Å²) in [5.41, 5.74) is 1.11. The molecule has 0 unspecified atom stereocenters. The van der Waals surface area contributed by atoms with Gasteiger partial charge in [0.25, 0.3) is 0 Å². The maximum Gasteiger partial charge on any atom is 0.0717 e. The molecule has 0 atom stereocenters. The Morgan fingerprint density at radius 3 is 2.62 bits per heavy atom. The van der Waals surface area contributed by atoms with Gasteiger partial charge in [0.2, 0.25) is 0 Å². The van der Waals surface area contributed by atoms with Gasteiger partial charge in [0.05, 0.1) is 19.8 Å². The van der Waals surface area contributed by atoms with Crippen molar-refractivity contribution in [3.8, 4) is 12.3 Å². The Labute approximate surface area is 98.0 Å². The van der Waals surface area contributed by atoms with Gasteiger partial charge in [0.15, 0.2) is 0 Å². The van der Waals surface area contributed by atoms with Gasteiger partial charge in [-0.2, -0.15) is 0 Å². The predicted octanol–water partition coefficient (Wildman–Crippen LogP) is 2.20. The van der Waals surface area contributed by atoms with Crippen molar-refractivity contribution in [2.75, 3.05) is 13.2 Å². The van der Waals surface area contributed by atoms with Crippen molar-refractivity contribution >= 4 is 0 Å².